The summed E-state index contributed by atoms with van der Waals surface area (Å²) in [6, 6.07) is 7.18. The zero-order chi connectivity index (χ0) is 14.6. The van der Waals surface area contributed by atoms with Gasteiger partial charge in [-0.3, -0.25) is 4.79 Å². The zero-order valence-corrected chi connectivity index (χ0v) is 12.8. The molecule has 1 aromatic rings. The molecule has 1 rings (SSSR count). The van der Waals surface area contributed by atoms with E-state index in [0.717, 1.165) is 12.0 Å². The number of benzene rings is 1. The number of hydrogen-bond donors (Lipinski definition) is 2. The summed E-state index contributed by atoms with van der Waals surface area (Å²) in [4.78, 5) is 12.0. The second-order valence-electron chi connectivity index (χ2n) is 6.09. The van der Waals surface area contributed by atoms with Crippen LogP contribution in [0.1, 0.15) is 33.3 Å². The fourth-order valence-electron chi connectivity index (χ4n) is 1.79. The second kappa shape index (κ2) is 6.40. The Morgan fingerprint density at radius 2 is 2.05 bits per heavy atom. The molecule has 0 heterocycles. The van der Waals surface area contributed by atoms with Crippen LogP contribution in [0.3, 0.4) is 0 Å². The van der Waals surface area contributed by atoms with Gasteiger partial charge in [0.05, 0.1) is 6.04 Å². The topological polar surface area (TPSA) is 55.1 Å². The normalized spacial score (nSPS) is 14.8. The minimum atomic E-state index is -0.505. The van der Waals surface area contributed by atoms with Gasteiger partial charge >= 0.3 is 0 Å². The lowest BCUT2D eigenvalue weighted by Crippen LogP contribution is -2.51. The molecular weight excluding hydrogens is 260 g/mol. The third kappa shape index (κ3) is 5.21. The van der Waals surface area contributed by atoms with E-state index in [2.05, 4.69) is 5.32 Å². The smallest absolute Gasteiger partial charge is 0.237 e. The van der Waals surface area contributed by atoms with Crippen LogP contribution in [0.15, 0.2) is 24.3 Å². The Bertz CT molecular complexity index is 440. The maximum atomic E-state index is 12.0. The summed E-state index contributed by atoms with van der Waals surface area (Å²) in [6.07, 6.45) is 0.739. The van der Waals surface area contributed by atoms with Gasteiger partial charge < -0.3 is 11.1 Å². The average molecular weight is 283 g/mol. The molecule has 0 fully saturated rings. The Labute approximate surface area is 120 Å². The number of carbonyl (C=O) groups is 1. The first-order valence-electron chi connectivity index (χ1n) is 6.50. The lowest BCUT2D eigenvalue weighted by molar-refractivity contribution is -0.125. The third-order valence-corrected chi connectivity index (χ3v) is 3.27. The third-order valence-electron chi connectivity index (χ3n) is 3.04. The molecule has 0 radical (unpaired) electrons. The molecule has 0 aliphatic rings. The summed E-state index contributed by atoms with van der Waals surface area (Å²) >= 11 is 5.94. The molecule has 4 heteroatoms. The summed E-state index contributed by atoms with van der Waals surface area (Å²) < 4.78 is 0. The number of amides is 1. The Hall–Kier alpha value is -1.06. The van der Waals surface area contributed by atoms with Crippen molar-refractivity contribution in [3.8, 4) is 0 Å². The van der Waals surface area contributed by atoms with E-state index in [1.165, 1.54) is 0 Å². The monoisotopic (exact) mass is 282 g/mol. The highest BCUT2D eigenvalue weighted by Crippen LogP contribution is 2.17. The average Bonchev–Trinajstić information content (AvgIpc) is 2.26. The van der Waals surface area contributed by atoms with Gasteiger partial charge in [-0.2, -0.15) is 0 Å². The van der Waals surface area contributed by atoms with E-state index in [0.29, 0.717) is 5.02 Å². The highest BCUT2D eigenvalue weighted by Gasteiger charge is 2.28. The standard InChI is InChI=1S/C15H23ClN2O/c1-10(8-11-6-5-7-12(16)9-11)18-14(19)13(17)15(2,3)4/h5-7,9-10,13H,8,17H2,1-4H3,(H,18,19)/t10?,13-/m1/s1. The van der Waals surface area contributed by atoms with E-state index in [4.69, 9.17) is 17.3 Å². The first-order chi connectivity index (χ1) is 8.70. The minimum Gasteiger partial charge on any atom is -0.352 e. The van der Waals surface area contributed by atoms with Crippen molar-refractivity contribution in [2.75, 3.05) is 0 Å². The van der Waals surface area contributed by atoms with Gasteiger partial charge in [0.2, 0.25) is 5.91 Å². The first kappa shape index (κ1) is 16.0. The number of carbonyl (C=O) groups excluding carboxylic acids is 1. The van der Waals surface area contributed by atoms with Crippen LogP contribution in [0, 0.1) is 5.41 Å². The molecule has 3 nitrogen and oxygen atoms in total. The molecular formula is C15H23ClN2O. The molecule has 2 atom stereocenters. The molecule has 19 heavy (non-hydrogen) atoms. The van der Waals surface area contributed by atoms with Gasteiger partial charge in [-0.05, 0) is 36.5 Å². The van der Waals surface area contributed by atoms with E-state index in [-0.39, 0.29) is 17.4 Å². The maximum absolute atomic E-state index is 12.0. The number of halogens is 1. The number of hydrogen-bond acceptors (Lipinski definition) is 2. The van der Waals surface area contributed by atoms with Crippen molar-refractivity contribution >= 4 is 17.5 Å². The zero-order valence-electron chi connectivity index (χ0n) is 12.0. The van der Waals surface area contributed by atoms with E-state index >= 15 is 0 Å². The van der Waals surface area contributed by atoms with Crippen LogP contribution >= 0.6 is 11.6 Å². The summed E-state index contributed by atoms with van der Waals surface area (Å²) in [5, 5.41) is 3.66. The fraction of sp³-hybridized carbons (Fsp3) is 0.533. The number of rotatable bonds is 4. The van der Waals surface area contributed by atoms with Gasteiger partial charge in [0, 0.05) is 11.1 Å². The van der Waals surface area contributed by atoms with Crippen LogP contribution in [0.2, 0.25) is 5.02 Å². The minimum absolute atomic E-state index is 0.0272. The Balaban J connectivity index is 2.56. The van der Waals surface area contributed by atoms with E-state index < -0.39 is 6.04 Å². The summed E-state index contributed by atoms with van der Waals surface area (Å²) in [7, 11) is 0. The van der Waals surface area contributed by atoms with Gasteiger partial charge in [0.25, 0.3) is 0 Å². The SMILES string of the molecule is CC(Cc1cccc(Cl)c1)NC(=O)[C@@H](N)C(C)(C)C. The second-order valence-corrected chi connectivity index (χ2v) is 6.52. The van der Waals surface area contributed by atoms with Gasteiger partial charge in [0.15, 0.2) is 0 Å². The number of nitrogens with one attached hydrogen (secondary N) is 1. The largest absolute Gasteiger partial charge is 0.352 e. The fourth-order valence-corrected chi connectivity index (χ4v) is 2.01. The lowest BCUT2D eigenvalue weighted by Gasteiger charge is -2.27. The molecule has 106 valence electrons. The van der Waals surface area contributed by atoms with E-state index in [1.54, 1.807) is 0 Å². The van der Waals surface area contributed by atoms with Crippen molar-refractivity contribution < 1.29 is 4.79 Å². The summed E-state index contributed by atoms with van der Waals surface area (Å²) in [5.74, 6) is -0.109. The van der Waals surface area contributed by atoms with Gasteiger partial charge in [-0.1, -0.05) is 44.5 Å². The predicted molar refractivity (Wildman–Crippen MR) is 80.2 cm³/mol. The summed E-state index contributed by atoms with van der Waals surface area (Å²) in [5.41, 5.74) is 6.79. The van der Waals surface area contributed by atoms with Crippen LogP contribution in [-0.2, 0) is 11.2 Å². The Morgan fingerprint density at radius 3 is 2.58 bits per heavy atom. The van der Waals surface area contributed by atoms with E-state index in [9.17, 15) is 4.79 Å². The molecule has 0 bridgehead atoms. The molecule has 0 aliphatic heterocycles. The lowest BCUT2D eigenvalue weighted by atomic mass is 9.87. The Morgan fingerprint density at radius 1 is 1.42 bits per heavy atom. The molecule has 1 aromatic carbocycles. The Kier molecular flexibility index (Phi) is 5.39. The molecule has 0 aromatic heterocycles. The van der Waals surface area contributed by atoms with Crippen molar-refractivity contribution in [3.05, 3.63) is 34.9 Å². The van der Waals surface area contributed by atoms with E-state index in [1.807, 2.05) is 52.0 Å². The van der Waals surface area contributed by atoms with Crippen LogP contribution in [-0.4, -0.2) is 18.0 Å². The van der Waals surface area contributed by atoms with Gasteiger partial charge in [-0.15, -0.1) is 0 Å². The predicted octanol–water partition coefficient (Wildman–Crippen LogP) is 2.76. The van der Waals surface area contributed by atoms with Crippen molar-refractivity contribution in [3.63, 3.8) is 0 Å². The first-order valence-corrected chi connectivity index (χ1v) is 6.88. The van der Waals surface area contributed by atoms with Crippen molar-refractivity contribution in [1.29, 1.82) is 0 Å². The molecule has 0 saturated carbocycles. The molecule has 1 amide bonds. The molecule has 0 spiro atoms. The van der Waals surface area contributed by atoms with Crippen LogP contribution in [0.4, 0.5) is 0 Å². The van der Waals surface area contributed by atoms with Crippen LogP contribution in [0.5, 0.6) is 0 Å². The van der Waals surface area contributed by atoms with Crippen LogP contribution in [0.25, 0.3) is 0 Å². The van der Waals surface area contributed by atoms with Crippen molar-refractivity contribution in [2.24, 2.45) is 11.1 Å². The molecule has 0 saturated heterocycles. The van der Waals surface area contributed by atoms with Gasteiger partial charge in [0.1, 0.15) is 0 Å². The summed E-state index contributed by atoms with van der Waals surface area (Å²) in [6.45, 7) is 7.84. The van der Waals surface area contributed by atoms with Crippen molar-refractivity contribution in [1.82, 2.24) is 5.32 Å². The van der Waals surface area contributed by atoms with Crippen LogP contribution < -0.4 is 11.1 Å². The number of nitrogens with two attached hydrogens (primary N) is 1. The highest BCUT2D eigenvalue weighted by molar-refractivity contribution is 6.30. The maximum Gasteiger partial charge on any atom is 0.237 e. The molecule has 1 unspecified atom stereocenters. The molecule has 3 N–H and O–H groups in total. The highest BCUT2D eigenvalue weighted by atomic mass is 35.5. The quantitative estimate of drug-likeness (QED) is 0.892. The van der Waals surface area contributed by atoms with Crippen molar-refractivity contribution in [2.45, 2.75) is 46.2 Å². The molecule has 0 aliphatic carbocycles. The van der Waals surface area contributed by atoms with Gasteiger partial charge in [-0.25, -0.2) is 0 Å².